The average molecular weight is 507 g/mol. The maximum Gasteiger partial charge on any atom is 0.417 e. The van der Waals surface area contributed by atoms with Crippen molar-refractivity contribution in [2.24, 2.45) is 0 Å². The minimum atomic E-state index is -5.07. The van der Waals surface area contributed by atoms with Crippen molar-refractivity contribution in [2.75, 3.05) is 5.32 Å². The monoisotopic (exact) mass is 507 g/mol. The fourth-order valence-electron chi connectivity index (χ4n) is 3.38. The lowest BCUT2D eigenvalue weighted by Gasteiger charge is -2.17. The van der Waals surface area contributed by atoms with Gasteiger partial charge in [-0.1, -0.05) is 0 Å². The molecule has 1 unspecified atom stereocenters. The summed E-state index contributed by atoms with van der Waals surface area (Å²) in [6, 6.07) is 6.47. The lowest BCUT2D eigenvalue weighted by molar-refractivity contribution is -0.142. The number of fused-ring (bicyclic) bond motifs is 1. The van der Waals surface area contributed by atoms with E-state index in [-0.39, 0.29) is 33.7 Å². The first-order chi connectivity index (χ1) is 16.4. The van der Waals surface area contributed by atoms with Crippen LogP contribution in [0, 0.1) is 22.7 Å². The van der Waals surface area contributed by atoms with Crippen molar-refractivity contribution in [1.82, 2.24) is 19.7 Å². The number of hydrogen-bond donors (Lipinski definition) is 1. The SMILES string of the molecule is CC(Nc1c(C#N)sc2c(C(F)(F)F)cc(C(F)(F)F)cc12)c1ncnn1-c1ccc(C#N)cn1. The van der Waals surface area contributed by atoms with Crippen molar-refractivity contribution in [3.63, 3.8) is 0 Å². The Morgan fingerprint density at radius 2 is 1.77 bits per heavy atom. The van der Waals surface area contributed by atoms with Gasteiger partial charge in [0.1, 0.15) is 23.3 Å². The Kier molecular flexibility index (Phi) is 5.86. The normalized spacial score (nSPS) is 12.8. The van der Waals surface area contributed by atoms with Crippen LogP contribution in [0.4, 0.5) is 32.0 Å². The summed E-state index contributed by atoms with van der Waals surface area (Å²) in [5.74, 6) is 0.494. The third-order valence-corrected chi connectivity index (χ3v) is 6.08. The molecule has 0 radical (unpaired) electrons. The molecule has 4 aromatic rings. The third kappa shape index (κ3) is 4.48. The van der Waals surface area contributed by atoms with E-state index in [0.717, 1.165) is 0 Å². The molecule has 35 heavy (non-hydrogen) atoms. The van der Waals surface area contributed by atoms with E-state index >= 15 is 0 Å². The number of nitriles is 2. The predicted molar refractivity (Wildman–Crippen MR) is 112 cm³/mol. The highest BCUT2D eigenvalue weighted by Crippen LogP contribution is 2.46. The van der Waals surface area contributed by atoms with Crippen LogP contribution in [-0.4, -0.2) is 19.7 Å². The fraction of sp³-hybridized carbons (Fsp3) is 0.190. The lowest BCUT2D eigenvalue weighted by Crippen LogP contribution is -2.15. The van der Waals surface area contributed by atoms with Crippen LogP contribution >= 0.6 is 11.3 Å². The van der Waals surface area contributed by atoms with Crippen LogP contribution in [0.25, 0.3) is 15.9 Å². The molecule has 14 heteroatoms. The third-order valence-electron chi connectivity index (χ3n) is 4.94. The molecule has 0 fully saturated rings. The number of benzene rings is 1. The molecular weight excluding hydrogens is 496 g/mol. The Morgan fingerprint density at radius 1 is 1.03 bits per heavy atom. The van der Waals surface area contributed by atoms with Crippen molar-refractivity contribution < 1.29 is 26.3 Å². The van der Waals surface area contributed by atoms with Gasteiger partial charge in [-0.15, -0.1) is 11.3 Å². The highest BCUT2D eigenvalue weighted by molar-refractivity contribution is 7.20. The van der Waals surface area contributed by atoms with E-state index in [2.05, 4.69) is 20.4 Å². The molecule has 3 heterocycles. The number of pyridine rings is 1. The zero-order valence-electron chi connectivity index (χ0n) is 17.4. The molecule has 0 saturated heterocycles. The van der Waals surface area contributed by atoms with Crippen LogP contribution in [0.5, 0.6) is 0 Å². The standard InChI is InChI=1S/C21H11F6N7S/c1-10(19-31-9-32-34(19)16-3-2-11(6-28)8-30-16)33-17-13-4-12(20(22,23)24)5-14(21(25,26)27)18(13)35-15(17)7-29/h2-5,8-10,33H,1H3. The van der Waals surface area contributed by atoms with Crippen molar-refractivity contribution in [3.05, 3.63) is 64.2 Å². The number of aromatic nitrogens is 4. The molecule has 1 atom stereocenters. The first kappa shape index (κ1) is 24.0. The van der Waals surface area contributed by atoms with Crippen molar-refractivity contribution in [2.45, 2.75) is 25.3 Å². The van der Waals surface area contributed by atoms with E-state index in [0.29, 0.717) is 23.0 Å². The summed E-state index contributed by atoms with van der Waals surface area (Å²) in [4.78, 5) is 7.99. The van der Waals surface area contributed by atoms with E-state index in [1.807, 2.05) is 6.07 Å². The van der Waals surface area contributed by atoms with Crippen molar-refractivity contribution in [1.29, 1.82) is 10.5 Å². The van der Waals surface area contributed by atoms with Crippen LogP contribution in [-0.2, 0) is 12.4 Å². The summed E-state index contributed by atoms with van der Waals surface area (Å²) in [5.41, 5.74) is -2.85. The molecule has 0 amide bonds. The molecule has 178 valence electrons. The van der Waals surface area contributed by atoms with Gasteiger partial charge in [0.05, 0.1) is 33.1 Å². The first-order valence-corrected chi connectivity index (χ1v) is 10.4. The highest BCUT2D eigenvalue weighted by Gasteiger charge is 2.39. The molecular formula is C21H11F6N7S. The number of rotatable bonds is 4. The van der Waals surface area contributed by atoms with Gasteiger partial charge >= 0.3 is 12.4 Å². The Hall–Kier alpha value is -4.17. The molecule has 0 aliphatic carbocycles. The number of nitrogens with zero attached hydrogens (tertiary/aromatic N) is 6. The number of anilines is 1. The van der Waals surface area contributed by atoms with Crippen LogP contribution < -0.4 is 5.32 Å². The van der Waals surface area contributed by atoms with Gasteiger partial charge in [0, 0.05) is 11.6 Å². The average Bonchev–Trinajstić information content (AvgIpc) is 3.42. The maximum absolute atomic E-state index is 13.6. The number of halogens is 6. The van der Waals surface area contributed by atoms with Crippen LogP contribution in [0.2, 0.25) is 0 Å². The summed E-state index contributed by atoms with van der Waals surface area (Å²) < 4.78 is 81.8. The summed E-state index contributed by atoms with van der Waals surface area (Å²) >= 11 is 0.444. The molecule has 7 nitrogen and oxygen atoms in total. The molecule has 1 aromatic carbocycles. The molecule has 4 rings (SSSR count). The van der Waals surface area contributed by atoms with Crippen molar-refractivity contribution >= 4 is 27.1 Å². The summed E-state index contributed by atoms with van der Waals surface area (Å²) in [7, 11) is 0. The molecule has 0 saturated carbocycles. The van der Waals surface area contributed by atoms with Gasteiger partial charge in [-0.2, -0.15) is 46.6 Å². The van der Waals surface area contributed by atoms with Gasteiger partial charge in [-0.05, 0) is 31.2 Å². The van der Waals surface area contributed by atoms with Crippen LogP contribution in [0.15, 0.2) is 36.8 Å². The predicted octanol–water partition coefficient (Wildman–Crippen LogP) is 5.83. The van der Waals surface area contributed by atoms with Gasteiger partial charge < -0.3 is 5.32 Å². The minimum Gasteiger partial charge on any atom is -0.373 e. The highest BCUT2D eigenvalue weighted by atomic mass is 32.1. The van der Waals surface area contributed by atoms with Gasteiger partial charge in [0.25, 0.3) is 0 Å². The zero-order valence-corrected chi connectivity index (χ0v) is 18.2. The molecule has 0 aliphatic rings. The smallest absolute Gasteiger partial charge is 0.373 e. The zero-order chi connectivity index (χ0) is 25.5. The number of nitrogens with one attached hydrogen (secondary N) is 1. The van der Waals surface area contributed by atoms with Crippen LogP contribution in [0.3, 0.4) is 0 Å². The minimum absolute atomic E-state index is 0.0421. The molecule has 1 N–H and O–H groups in total. The van der Waals surface area contributed by atoms with E-state index in [9.17, 15) is 31.6 Å². The topological polar surface area (TPSA) is 103 Å². The number of hydrogen-bond acceptors (Lipinski definition) is 7. The quantitative estimate of drug-likeness (QED) is 0.349. The van der Waals surface area contributed by atoms with Gasteiger partial charge in [-0.25, -0.2) is 9.97 Å². The second-order valence-electron chi connectivity index (χ2n) is 7.23. The van der Waals surface area contributed by atoms with Gasteiger partial charge in [-0.3, -0.25) is 0 Å². The Balaban J connectivity index is 1.82. The Labute approximate surface area is 196 Å². The summed E-state index contributed by atoms with van der Waals surface area (Å²) in [5, 5.41) is 24.9. The largest absolute Gasteiger partial charge is 0.417 e. The van der Waals surface area contributed by atoms with E-state index in [1.165, 1.54) is 29.3 Å². The van der Waals surface area contributed by atoms with E-state index in [4.69, 9.17) is 5.26 Å². The van der Waals surface area contributed by atoms with Gasteiger partial charge in [0.2, 0.25) is 0 Å². The molecule has 0 aliphatic heterocycles. The first-order valence-electron chi connectivity index (χ1n) is 9.62. The van der Waals surface area contributed by atoms with Gasteiger partial charge in [0.15, 0.2) is 11.6 Å². The summed E-state index contributed by atoms with van der Waals surface area (Å²) in [6.07, 6.45) is -7.61. The fourth-order valence-corrected chi connectivity index (χ4v) is 4.45. The lowest BCUT2D eigenvalue weighted by atomic mass is 10.0. The molecule has 3 aromatic heterocycles. The number of alkyl halides is 6. The second kappa shape index (κ2) is 8.56. The number of thiophene rings is 1. The van der Waals surface area contributed by atoms with Crippen LogP contribution in [0.1, 0.15) is 40.4 Å². The summed E-state index contributed by atoms with van der Waals surface area (Å²) in [6.45, 7) is 1.55. The van der Waals surface area contributed by atoms with E-state index < -0.39 is 34.2 Å². The molecule has 0 bridgehead atoms. The van der Waals surface area contributed by atoms with E-state index in [1.54, 1.807) is 13.0 Å². The maximum atomic E-state index is 13.6. The van der Waals surface area contributed by atoms with Crippen molar-refractivity contribution in [3.8, 4) is 18.0 Å². The Morgan fingerprint density at radius 3 is 2.34 bits per heavy atom. The second-order valence-corrected chi connectivity index (χ2v) is 8.25. The Bertz CT molecular complexity index is 1490. The molecule has 0 spiro atoms.